The molecule has 36 heavy (non-hydrogen) atoms. The standard InChI is InChI=1S/C28H31N3O5/c1-18-14-24(34-13-5-12-29)15-19(2)26(18)25-7-4-6-22(20(25)3)17-35-23-10-8-21(9-11-23)16-31-27(32)30-28(33)36-31/h4,6-11,14-15H,5,12-13,16-17,29H2,1-3H3,(H,30,32,33). The second-order valence-corrected chi connectivity index (χ2v) is 8.79. The van der Waals surface area contributed by atoms with Crippen LogP contribution in [0, 0.1) is 20.8 Å². The molecule has 0 atom stereocenters. The maximum Gasteiger partial charge on any atom is 0.440 e. The molecular weight excluding hydrogens is 458 g/mol. The number of H-pyrrole nitrogens is 1. The maximum atomic E-state index is 11.6. The van der Waals surface area contributed by atoms with Gasteiger partial charge in [0.15, 0.2) is 0 Å². The van der Waals surface area contributed by atoms with Gasteiger partial charge in [0.1, 0.15) is 18.1 Å². The van der Waals surface area contributed by atoms with E-state index >= 15 is 0 Å². The summed E-state index contributed by atoms with van der Waals surface area (Å²) in [6, 6.07) is 17.8. The molecule has 3 aromatic carbocycles. The Morgan fingerprint density at radius 3 is 2.31 bits per heavy atom. The van der Waals surface area contributed by atoms with Crippen molar-refractivity contribution < 1.29 is 14.0 Å². The third-order valence-corrected chi connectivity index (χ3v) is 6.11. The normalized spacial score (nSPS) is 11.0. The minimum absolute atomic E-state index is 0.161. The van der Waals surface area contributed by atoms with E-state index in [1.807, 2.05) is 24.3 Å². The molecule has 0 fully saturated rings. The van der Waals surface area contributed by atoms with Crippen LogP contribution < -0.4 is 26.7 Å². The summed E-state index contributed by atoms with van der Waals surface area (Å²) >= 11 is 0. The van der Waals surface area contributed by atoms with Gasteiger partial charge in [0.2, 0.25) is 0 Å². The van der Waals surface area contributed by atoms with Crippen molar-refractivity contribution in [1.29, 1.82) is 0 Å². The molecule has 0 amide bonds. The van der Waals surface area contributed by atoms with Crippen LogP contribution in [-0.4, -0.2) is 22.9 Å². The Morgan fingerprint density at radius 2 is 1.67 bits per heavy atom. The number of hydrogen-bond acceptors (Lipinski definition) is 6. The Hall–Kier alpha value is -4.04. The molecule has 1 aromatic heterocycles. The first-order chi connectivity index (χ1) is 17.4. The van der Waals surface area contributed by atoms with E-state index in [-0.39, 0.29) is 6.54 Å². The molecule has 0 saturated heterocycles. The van der Waals surface area contributed by atoms with Gasteiger partial charge in [-0.05, 0) is 96.9 Å². The Morgan fingerprint density at radius 1 is 0.944 bits per heavy atom. The first kappa shape index (κ1) is 25.1. The molecular formula is C28H31N3O5. The summed E-state index contributed by atoms with van der Waals surface area (Å²) in [5.74, 6) is 0.804. The zero-order valence-electron chi connectivity index (χ0n) is 20.8. The van der Waals surface area contributed by atoms with E-state index in [4.69, 9.17) is 19.7 Å². The van der Waals surface area contributed by atoms with E-state index in [2.05, 4.69) is 56.1 Å². The van der Waals surface area contributed by atoms with E-state index < -0.39 is 11.4 Å². The van der Waals surface area contributed by atoms with Crippen LogP contribution in [0.5, 0.6) is 11.5 Å². The average Bonchev–Trinajstić information content (AvgIpc) is 3.16. The number of benzene rings is 3. The Labute approximate surface area is 209 Å². The Bertz CT molecular complexity index is 1420. The van der Waals surface area contributed by atoms with Crippen molar-refractivity contribution in [2.24, 2.45) is 5.73 Å². The number of rotatable bonds is 10. The van der Waals surface area contributed by atoms with Gasteiger partial charge in [-0.15, -0.1) is 4.74 Å². The quantitative estimate of drug-likeness (QED) is 0.325. The predicted octanol–water partition coefficient (Wildman–Crippen LogP) is 4.08. The second kappa shape index (κ2) is 11.1. The summed E-state index contributed by atoms with van der Waals surface area (Å²) in [6.07, 6.45) is 0.828. The molecule has 8 heteroatoms. The van der Waals surface area contributed by atoms with Gasteiger partial charge in [0.05, 0.1) is 13.2 Å². The minimum Gasteiger partial charge on any atom is -0.494 e. The Balaban J connectivity index is 1.47. The summed E-state index contributed by atoms with van der Waals surface area (Å²) in [6.45, 7) is 8.14. The molecule has 0 saturated carbocycles. The average molecular weight is 490 g/mol. The predicted molar refractivity (Wildman–Crippen MR) is 139 cm³/mol. The summed E-state index contributed by atoms with van der Waals surface area (Å²) in [5, 5.41) is 0. The van der Waals surface area contributed by atoms with Crippen LogP contribution in [0.4, 0.5) is 0 Å². The fraction of sp³-hybridized carbons (Fsp3) is 0.286. The van der Waals surface area contributed by atoms with Crippen LogP contribution in [0.1, 0.15) is 34.2 Å². The zero-order valence-corrected chi connectivity index (χ0v) is 20.8. The minimum atomic E-state index is -0.769. The molecule has 0 unspecified atom stereocenters. The molecule has 1 heterocycles. The summed E-state index contributed by atoms with van der Waals surface area (Å²) in [7, 11) is 0. The molecule has 4 aromatic rings. The molecule has 8 nitrogen and oxygen atoms in total. The monoisotopic (exact) mass is 489 g/mol. The number of aromatic amines is 1. The van der Waals surface area contributed by atoms with Gasteiger partial charge in [0.25, 0.3) is 0 Å². The van der Waals surface area contributed by atoms with Crippen molar-refractivity contribution in [2.75, 3.05) is 13.2 Å². The topological polar surface area (TPSA) is 112 Å². The van der Waals surface area contributed by atoms with Gasteiger partial charge in [-0.25, -0.2) is 14.6 Å². The fourth-order valence-corrected chi connectivity index (χ4v) is 4.25. The van der Waals surface area contributed by atoms with Crippen LogP contribution in [-0.2, 0) is 13.2 Å². The molecule has 188 valence electrons. The number of nitrogens with two attached hydrogens (primary N) is 1. The fourth-order valence-electron chi connectivity index (χ4n) is 4.25. The molecule has 3 N–H and O–H groups in total. The number of ether oxygens (including phenoxy) is 2. The summed E-state index contributed by atoms with van der Waals surface area (Å²) < 4.78 is 17.7. The van der Waals surface area contributed by atoms with Gasteiger partial charge >= 0.3 is 11.4 Å². The third-order valence-electron chi connectivity index (χ3n) is 6.11. The van der Waals surface area contributed by atoms with E-state index in [0.717, 1.165) is 39.2 Å². The number of aryl methyl sites for hydroxylation is 2. The first-order valence-corrected chi connectivity index (χ1v) is 11.9. The highest BCUT2D eigenvalue weighted by Gasteiger charge is 2.13. The number of nitrogens with one attached hydrogen (secondary N) is 1. The number of hydrogen-bond donors (Lipinski definition) is 2. The van der Waals surface area contributed by atoms with E-state index in [1.165, 1.54) is 16.7 Å². The van der Waals surface area contributed by atoms with Crippen molar-refractivity contribution in [3.63, 3.8) is 0 Å². The van der Waals surface area contributed by atoms with Gasteiger partial charge in [0, 0.05) is 0 Å². The van der Waals surface area contributed by atoms with E-state index in [0.29, 0.717) is 25.5 Å². The summed E-state index contributed by atoms with van der Waals surface area (Å²) in [4.78, 5) is 24.8. The lowest BCUT2D eigenvalue weighted by Crippen LogP contribution is -2.17. The van der Waals surface area contributed by atoms with Crippen molar-refractivity contribution in [2.45, 2.75) is 40.3 Å². The molecule has 0 aliphatic carbocycles. The molecule has 0 aliphatic rings. The van der Waals surface area contributed by atoms with Crippen molar-refractivity contribution in [1.82, 2.24) is 9.72 Å². The number of aromatic nitrogens is 2. The lowest BCUT2D eigenvalue weighted by molar-refractivity contribution is 0.258. The van der Waals surface area contributed by atoms with Crippen LogP contribution >= 0.6 is 0 Å². The lowest BCUT2D eigenvalue weighted by Gasteiger charge is -2.18. The van der Waals surface area contributed by atoms with Gasteiger partial charge < -0.3 is 19.7 Å². The van der Waals surface area contributed by atoms with E-state index in [1.54, 1.807) is 0 Å². The highest BCUT2D eigenvalue weighted by atomic mass is 16.5. The van der Waals surface area contributed by atoms with Crippen LogP contribution in [0.2, 0.25) is 0 Å². The van der Waals surface area contributed by atoms with Gasteiger partial charge in [-0.3, -0.25) is 0 Å². The van der Waals surface area contributed by atoms with Gasteiger partial charge in [-0.2, -0.15) is 0 Å². The second-order valence-electron chi connectivity index (χ2n) is 8.79. The first-order valence-electron chi connectivity index (χ1n) is 11.9. The zero-order chi connectivity index (χ0) is 25.7. The van der Waals surface area contributed by atoms with Crippen molar-refractivity contribution in [3.05, 3.63) is 103 Å². The van der Waals surface area contributed by atoms with Crippen molar-refractivity contribution in [3.8, 4) is 22.6 Å². The van der Waals surface area contributed by atoms with Crippen LogP contribution in [0.25, 0.3) is 11.1 Å². The lowest BCUT2D eigenvalue weighted by atomic mass is 9.90. The largest absolute Gasteiger partial charge is 0.494 e. The highest BCUT2D eigenvalue weighted by Crippen LogP contribution is 2.34. The third kappa shape index (κ3) is 5.78. The molecule has 0 bridgehead atoms. The Kier molecular flexibility index (Phi) is 7.75. The van der Waals surface area contributed by atoms with Crippen LogP contribution in [0.15, 0.2) is 68.7 Å². The molecule has 0 spiro atoms. The smallest absolute Gasteiger partial charge is 0.440 e. The maximum absolute atomic E-state index is 11.6. The molecule has 4 rings (SSSR count). The van der Waals surface area contributed by atoms with Crippen LogP contribution in [0.3, 0.4) is 0 Å². The van der Waals surface area contributed by atoms with Gasteiger partial charge in [-0.1, -0.05) is 30.3 Å². The SMILES string of the molecule is Cc1cc(OCCCN)cc(C)c1-c1cccc(COc2ccc(Cn3oc(=O)[nH]c3=O)cc2)c1C. The molecule has 0 aliphatic heterocycles. The number of nitrogens with zero attached hydrogens (tertiary/aromatic N) is 1. The van der Waals surface area contributed by atoms with Crippen molar-refractivity contribution >= 4 is 0 Å². The summed E-state index contributed by atoms with van der Waals surface area (Å²) in [5.41, 5.74) is 12.8. The van der Waals surface area contributed by atoms with E-state index in [9.17, 15) is 9.59 Å². The highest BCUT2D eigenvalue weighted by molar-refractivity contribution is 5.75. The molecule has 0 radical (unpaired) electrons.